The van der Waals surface area contributed by atoms with E-state index in [1.807, 2.05) is 0 Å². The Labute approximate surface area is 87.2 Å². The average molecular weight is 198 g/mol. The molecule has 1 heterocycles. The quantitative estimate of drug-likeness (QED) is 0.528. The van der Waals surface area contributed by atoms with Gasteiger partial charge in [-0.1, -0.05) is 38.8 Å². The summed E-state index contributed by atoms with van der Waals surface area (Å²) in [5.74, 6) is 2.53. The maximum atomic E-state index is 2.36. The lowest BCUT2D eigenvalue weighted by molar-refractivity contribution is 0.471. The van der Waals surface area contributed by atoms with Gasteiger partial charge >= 0.3 is 0 Å². The second-order valence-electron chi connectivity index (χ2n) is 5.51. The molecule has 1 heteroatoms. The molecule has 0 N–H and O–H groups in total. The van der Waals surface area contributed by atoms with Gasteiger partial charge in [0.05, 0.1) is 0 Å². The third-order valence-electron chi connectivity index (χ3n) is 3.52. The van der Waals surface area contributed by atoms with E-state index in [0.29, 0.717) is 10.8 Å². The molecule has 13 heavy (non-hydrogen) atoms. The van der Waals surface area contributed by atoms with Crippen molar-refractivity contribution in [2.45, 2.75) is 41.5 Å². The fraction of sp³-hybridized carbons (Fsp3) is 0.833. The van der Waals surface area contributed by atoms with E-state index in [-0.39, 0.29) is 0 Å². The molecule has 0 aliphatic carbocycles. The second-order valence-corrected chi connectivity index (χ2v) is 6.50. The molecule has 0 amide bonds. The van der Waals surface area contributed by atoms with Crippen molar-refractivity contribution in [1.82, 2.24) is 0 Å². The molecule has 1 aliphatic rings. The minimum absolute atomic E-state index is 0.391. The molecule has 0 aromatic heterocycles. The van der Waals surface area contributed by atoms with Gasteiger partial charge in [-0.05, 0) is 24.7 Å². The zero-order valence-electron chi connectivity index (χ0n) is 9.82. The Balaban J connectivity index is 3.12. The molecule has 0 aromatic rings. The van der Waals surface area contributed by atoms with E-state index in [1.165, 1.54) is 11.5 Å². The van der Waals surface area contributed by atoms with Crippen LogP contribution < -0.4 is 0 Å². The molecule has 1 aliphatic heterocycles. The molecule has 1 rings (SSSR count). The summed E-state index contributed by atoms with van der Waals surface area (Å²) in [4.78, 5) is 0. The Morgan fingerprint density at radius 3 is 1.46 bits per heavy atom. The lowest BCUT2D eigenvalue weighted by Crippen LogP contribution is -2.19. The van der Waals surface area contributed by atoms with Gasteiger partial charge in [-0.25, -0.2) is 0 Å². The van der Waals surface area contributed by atoms with Gasteiger partial charge in [-0.15, -0.1) is 0 Å². The zero-order chi connectivity index (χ0) is 10.3. The summed E-state index contributed by atoms with van der Waals surface area (Å²) in [5.41, 5.74) is 3.98. The first-order valence-electron chi connectivity index (χ1n) is 5.03. The zero-order valence-corrected chi connectivity index (χ0v) is 10.6. The Morgan fingerprint density at radius 1 is 0.846 bits per heavy atom. The number of hydrogen-bond donors (Lipinski definition) is 0. The molecule has 0 nitrogen and oxygen atoms in total. The summed E-state index contributed by atoms with van der Waals surface area (Å²) in [5, 5.41) is 0. The molecule has 76 valence electrons. The van der Waals surface area contributed by atoms with E-state index in [2.05, 4.69) is 53.3 Å². The van der Waals surface area contributed by atoms with Gasteiger partial charge in [-0.3, -0.25) is 0 Å². The standard InChI is InChI=1S/C12H22S/c1-9-10(2)12(5,6)8-13-7-11(9,3)4/h7-8H2,1-6H3. The van der Waals surface area contributed by atoms with Crippen molar-refractivity contribution < 1.29 is 0 Å². The van der Waals surface area contributed by atoms with E-state index in [9.17, 15) is 0 Å². The van der Waals surface area contributed by atoms with E-state index < -0.39 is 0 Å². The van der Waals surface area contributed by atoms with Crippen molar-refractivity contribution >= 4 is 11.8 Å². The first kappa shape index (κ1) is 11.2. The lowest BCUT2D eigenvalue weighted by Gasteiger charge is -2.28. The van der Waals surface area contributed by atoms with Crippen molar-refractivity contribution in [3.05, 3.63) is 11.1 Å². The molecule has 0 bridgehead atoms. The van der Waals surface area contributed by atoms with Gasteiger partial charge in [0.25, 0.3) is 0 Å². The fourth-order valence-electron chi connectivity index (χ4n) is 1.79. The molecular weight excluding hydrogens is 176 g/mol. The minimum atomic E-state index is 0.391. The SMILES string of the molecule is CC1=C(C)C(C)(C)CSCC1(C)C. The smallest absolute Gasteiger partial charge is 0.00216 e. The molecule has 0 unspecified atom stereocenters. The van der Waals surface area contributed by atoms with Crippen LogP contribution in [0.5, 0.6) is 0 Å². The molecule has 0 aromatic carbocycles. The first-order chi connectivity index (χ1) is 5.77. The third-order valence-corrected chi connectivity index (χ3v) is 5.37. The first-order valence-corrected chi connectivity index (χ1v) is 6.19. The highest BCUT2D eigenvalue weighted by molar-refractivity contribution is 7.99. The highest BCUT2D eigenvalue weighted by Crippen LogP contribution is 2.44. The van der Waals surface area contributed by atoms with Crippen molar-refractivity contribution in [3.8, 4) is 0 Å². The maximum Gasteiger partial charge on any atom is 0.00216 e. The monoisotopic (exact) mass is 198 g/mol. The second kappa shape index (κ2) is 3.34. The molecule has 0 atom stereocenters. The van der Waals surface area contributed by atoms with E-state index in [1.54, 1.807) is 11.1 Å². The number of rotatable bonds is 0. The van der Waals surface area contributed by atoms with Crippen LogP contribution in [-0.2, 0) is 0 Å². The van der Waals surface area contributed by atoms with Crippen molar-refractivity contribution in [2.75, 3.05) is 11.5 Å². The summed E-state index contributed by atoms with van der Waals surface area (Å²) < 4.78 is 0. The minimum Gasteiger partial charge on any atom is -0.160 e. The van der Waals surface area contributed by atoms with Crippen LogP contribution >= 0.6 is 11.8 Å². The average Bonchev–Trinajstić information content (AvgIpc) is 2.04. The summed E-state index contributed by atoms with van der Waals surface area (Å²) >= 11 is 2.10. The van der Waals surface area contributed by atoms with Crippen LogP contribution in [0.15, 0.2) is 11.1 Å². The van der Waals surface area contributed by atoms with Crippen LogP contribution in [0, 0.1) is 10.8 Å². The van der Waals surface area contributed by atoms with E-state index in [4.69, 9.17) is 0 Å². The normalized spacial score (nSPS) is 27.2. The molecule has 0 radical (unpaired) electrons. The van der Waals surface area contributed by atoms with E-state index in [0.717, 1.165) is 0 Å². The molecular formula is C12H22S. The van der Waals surface area contributed by atoms with Gasteiger partial charge in [0.15, 0.2) is 0 Å². The Hall–Kier alpha value is 0.0900. The summed E-state index contributed by atoms with van der Waals surface area (Å²) in [6.45, 7) is 14.1. The fourth-order valence-corrected chi connectivity index (χ4v) is 3.35. The summed E-state index contributed by atoms with van der Waals surface area (Å²) in [7, 11) is 0. The van der Waals surface area contributed by atoms with Gasteiger partial charge in [0, 0.05) is 11.5 Å². The van der Waals surface area contributed by atoms with Gasteiger partial charge in [-0.2, -0.15) is 11.8 Å². The largest absolute Gasteiger partial charge is 0.160 e. The van der Waals surface area contributed by atoms with Gasteiger partial charge in [0.2, 0.25) is 0 Å². The topological polar surface area (TPSA) is 0 Å². The van der Waals surface area contributed by atoms with Gasteiger partial charge in [0.1, 0.15) is 0 Å². The predicted octanol–water partition coefficient (Wildman–Crippen LogP) is 4.12. The number of thioether (sulfide) groups is 1. The number of allylic oxidation sites excluding steroid dienone is 2. The third kappa shape index (κ3) is 2.12. The van der Waals surface area contributed by atoms with Crippen LogP contribution in [-0.4, -0.2) is 11.5 Å². The number of hydrogen-bond acceptors (Lipinski definition) is 1. The maximum absolute atomic E-state index is 2.36. The molecule has 0 fully saturated rings. The van der Waals surface area contributed by atoms with Crippen molar-refractivity contribution in [3.63, 3.8) is 0 Å². The van der Waals surface area contributed by atoms with Crippen molar-refractivity contribution in [1.29, 1.82) is 0 Å². The summed E-state index contributed by atoms with van der Waals surface area (Å²) in [6, 6.07) is 0. The summed E-state index contributed by atoms with van der Waals surface area (Å²) in [6.07, 6.45) is 0. The van der Waals surface area contributed by atoms with Gasteiger partial charge < -0.3 is 0 Å². The highest BCUT2D eigenvalue weighted by Gasteiger charge is 2.32. The van der Waals surface area contributed by atoms with Crippen LogP contribution in [0.25, 0.3) is 0 Å². The lowest BCUT2D eigenvalue weighted by atomic mass is 9.76. The predicted molar refractivity (Wildman–Crippen MR) is 63.3 cm³/mol. The van der Waals surface area contributed by atoms with Crippen LogP contribution in [0.3, 0.4) is 0 Å². The Kier molecular flexibility index (Phi) is 2.87. The molecule has 0 spiro atoms. The Bertz CT molecular complexity index is 210. The van der Waals surface area contributed by atoms with Crippen molar-refractivity contribution in [2.24, 2.45) is 10.8 Å². The molecule has 0 saturated carbocycles. The van der Waals surface area contributed by atoms with E-state index >= 15 is 0 Å². The van der Waals surface area contributed by atoms with Crippen LogP contribution in [0.1, 0.15) is 41.5 Å². The van der Waals surface area contributed by atoms with Crippen LogP contribution in [0.2, 0.25) is 0 Å². The highest BCUT2D eigenvalue weighted by atomic mass is 32.2. The molecule has 0 saturated heterocycles. The van der Waals surface area contributed by atoms with Crippen LogP contribution in [0.4, 0.5) is 0 Å². The Morgan fingerprint density at radius 2 is 1.15 bits per heavy atom.